The predicted octanol–water partition coefficient (Wildman–Crippen LogP) is -2.57. The number of phenolic OH excluding ortho intramolecular Hbond substituents is 2. The molecule has 498 valence electrons. The summed E-state index contributed by atoms with van der Waals surface area (Å²) < 4.78 is 0. The Bertz CT molecular complexity index is 2520. The molecular weight excluding hydrogens is 1170 g/mol. The van der Waals surface area contributed by atoms with Crippen molar-refractivity contribution in [2.24, 2.45) is 17.2 Å². The average Bonchev–Trinajstić information content (AvgIpc) is 3.11. The first-order valence-corrected chi connectivity index (χ1v) is 31.7. The van der Waals surface area contributed by atoms with Crippen molar-refractivity contribution in [1.82, 2.24) is 69.1 Å². The molecule has 0 aliphatic carbocycles. The van der Waals surface area contributed by atoms with E-state index in [1.165, 1.54) is 24.3 Å². The number of carbonyl (C=O) groups is 10. The molecule has 1 aliphatic rings. The second kappa shape index (κ2) is 42.7. The molecule has 0 spiro atoms. The van der Waals surface area contributed by atoms with Gasteiger partial charge in [0.15, 0.2) is 0 Å². The molecule has 2 aromatic carbocycles. The van der Waals surface area contributed by atoms with E-state index in [2.05, 4.69) is 81.7 Å². The molecule has 21 N–H and O–H groups in total. The number of benzene rings is 2. The normalized spacial score (nSPS) is 17.8. The van der Waals surface area contributed by atoms with Crippen molar-refractivity contribution in [3.05, 3.63) is 59.7 Å². The second-order valence-corrected chi connectivity index (χ2v) is 22.8. The maximum absolute atomic E-state index is 13.6. The molecule has 1 heterocycles. The maximum Gasteiger partial charge on any atom is 0.242 e. The molecule has 0 saturated carbocycles. The highest BCUT2D eigenvalue weighted by Crippen LogP contribution is 2.15. The predicted molar refractivity (Wildman–Crippen MR) is 340 cm³/mol. The van der Waals surface area contributed by atoms with Crippen LogP contribution in [-0.2, 0) is 60.8 Å². The highest BCUT2D eigenvalue weighted by molar-refractivity contribution is 7.80. The van der Waals surface area contributed by atoms with E-state index >= 15 is 0 Å². The molecule has 28 nitrogen and oxygen atoms in total. The van der Waals surface area contributed by atoms with Gasteiger partial charge in [0, 0.05) is 129 Å². The van der Waals surface area contributed by atoms with Crippen LogP contribution in [0.5, 0.6) is 11.5 Å². The fourth-order valence-electron chi connectivity index (χ4n) is 9.77. The van der Waals surface area contributed by atoms with Crippen LogP contribution in [0.15, 0.2) is 48.5 Å². The third-order valence-corrected chi connectivity index (χ3v) is 15.2. The third kappa shape index (κ3) is 31.7. The maximum atomic E-state index is 13.6. The van der Waals surface area contributed by atoms with Gasteiger partial charge in [-0.05, 0) is 86.9 Å². The van der Waals surface area contributed by atoms with Gasteiger partial charge in [0.2, 0.25) is 59.1 Å². The fraction of sp³-hybridized carbons (Fsp3) is 0.633. The van der Waals surface area contributed by atoms with Crippen LogP contribution in [0, 0.1) is 0 Å². The van der Waals surface area contributed by atoms with Gasteiger partial charge in [0.25, 0.3) is 0 Å². The summed E-state index contributed by atoms with van der Waals surface area (Å²) in [5.41, 5.74) is 16.5. The van der Waals surface area contributed by atoms with Gasteiger partial charge in [-0.1, -0.05) is 51.0 Å². The number of nitrogens with two attached hydrogens (primary N) is 3. The van der Waals surface area contributed by atoms with Crippen LogP contribution in [0.4, 0.5) is 0 Å². The van der Waals surface area contributed by atoms with Gasteiger partial charge in [-0.2, -0.15) is 12.6 Å². The van der Waals surface area contributed by atoms with Crippen LogP contribution in [0.1, 0.15) is 121 Å². The molecule has 0 bridgehead atoms. The topological polar surface area (TPSA) is 446 Å². The van der Waals surface area contributed by atoms with E-state index in [1.54, 1.807) is 31.2 Å². The molecular formula is C60H100N16O12S. The van der Waals surface area contributed by atoms with E-state index in [4.69, 9.17) is 17.2 Å². The first-order chi connectivity index (χ1) is 42.6. The number of primary amides is 2. The fourth-order valence-corrected chi connectivity index (χ4v) is 10.0. The molecule has 1 aliphatic heterocycles. The zero-order valence-corrected chi connectivity index (χ0v) is 52.7. The molecule has 0 unspecified atom stereocenters. The summed E-state index contributed by atoms with van der Waals surface area (Å²) in [4.78, 5) is 128. The Morgan fingerprint density at radius 2 is 0.865 bits per heavy atom. The number of phenols is 2. The van der Waals surface area contributed by atoms with Crippen molar-refractivity contribution in [3.63, 3.8) is 0 Å². The first-order valence-electron chi connectivity index (χ1n) is 31.0. The second-order valence-electron chi connectivity index (χ2n) is 22.4. The number of unbranched alkanes of at least 4 members (excludes halogenated alkanes) is 4. The van der Waals surface area contributed by atoms with E-state index in [0.717, 1.165) is 0 Å². The average molecular weight is 1270 g/mol. The molecule has 4 atom stereocenters. The zero-order chi connectivity index (χ0) is 65.5. The summed E-state index contributed by atoms with van der Waals surface area (Å²) in [5, 5.41) is 59.4. The zero-order valence-electron chi connectivity index (χ0n) is 51.8. The Morgan fingerprint density at radius 3 is 1.25 bits per heavy atom. The number of likely N-dealkylation sites (N-methyl/N-ethyl adjacent to an activating group) is 1. The Morgan fingerprint density at radius 1 is 0.494 bits per heavy atom. The molecule has 1 fully saturated rings. The number of amides is 10. The van der Waals surface area contributed by atoms with Crippen LogP contribution in [-0.4, -0.2) is 189 Å². The van der Waals surface area contributed by atoms with Gasteiger partial charge in [-0.25, -0.2) is 0 Å². The lowest BCUT2D eigenvalue weighted by Crippen LogP contribution is -2.69. The van der Waals surface area contributed by atoms with E-state index in [0.29, 0.717) is 122 Å². The van der Waals surface area contributed by atoms with Crippen LogP contribution in [0.2, 0.25) is 0 Å². The number of hydrogen-bond acceptors (Lipinski definition) is 19. The number of aromatic hydroxyl groups is 2. The summed E-state index contributed by atoms with van der Waals surface area (Å²) in [6.07, 6.45) is 4.79. The number of nitrogens with one attached hydrogen (secondary N) is 13. The quantitative estimate of drug-likeness (QED) is 0.0186. The summed E-state index contributed by atoms with van der Waals surface area (Å²) in [7, 11) is 0. The Balaban J connectivity index is 1.48. The summed E-state index contributed by atoms with van der Waals surface area (Å²) in [6.45, 7) is 8.04. The van der Waals surface area contributed by atoms with Gasteiger partial charge >= 0.3 is 0 Å². The summed E-state index contributed by atoms with van der Waals surface area (Å²) in [6, 6.07) is 9.14. The highest BCUT2D eigenvalue weighted by Gasteiger charge is 2.33. The minimum Gasteiger partial charge on any atom is -0.508 e. The lowest BCUT2D eigenvalue weighted by atomic mass is 9.98. The molecule has 10 amide bonds. The van der Waals surface area contributed by atoms with Gasteiger partial charge in [0.1, 0.15) is 41.3 Å². The van der Waals surface area contributed by atoms with Gasteiger partial charge in [-0.3, -0.25) is 53.3 Å². The third-order valence-electron chi connectivity index (χ3n) is 14.8. The Labute approximate surface area is 528 Å². The first kappa shape index (κ1) is 76.1. The van der Waals surface area contributed by atoms with E-state index in [1.807, 2.05) is 6.92 Å². The van der Waals surface area contributed by atoms with Crippen molar-refractivity contribution in [2.45, 2.75) is 158 Å². The SMILES string of the molecule is CCNC1(NC(=O)CCCC(=O)N[C@@H](Cc2ccc(O)cc2)C(=O)NCCCCCC(=O)N[C@@H](CC)C(N)=O)CNCCNCC(CN)(NC(=O)CCCC(=O)N[C@@H](Cc2ccc(O)cc2)C(=O)NCCCCCC(=O)N[C@@H](CS)C(N)=O)CNCCNC1. The van der Waals surface area contributed by atoms with Crippen LogP contribution in [0.25, 0.3) is 0 Å². The molecule has 0 radical (unpaired) electrons. The van der Waals surface area contributed by atoms with Gasteiger partial charge in [-0.15, -0.1) is 0 Å². The van der Waals surface area contributed by atoms with Gasteiger partial charge in [0.05, 0.1) is 5.54 Å². The Hall–Kier alpha value is -7.15. The molecule has 1 saturated heterocycles. The largest absolute Gasteiger partial charge is 0.508 e. The summed E-state index contributed by atoms with van der Waals surface area (Å²) >= 11 is 4.03. The molecule has 29 heteroatoms. The van der Waals surface area contributed by atoms with E-state index in [-0.39, 0.29) is 118 Å². The van der Waals surface area contributed by atoms with E-state index < -0.39 is 70.8 Å². The molecule has 2 aromatic rings. The van der Waals surface area contributed by atoms with Crippen molar-refractivity contribution in [1.29, 1.82) is 0 Å². The van der Waals surface area contributed by atoms with Crippen LogP contribution >= 0.6 is 12.6 Å². The lowest BCUT2D eigenvalue weighted by Gasteiger charge is -2.37. The van der Waals surface area contributed by atoms with Crippen molar-refractivity contribution >= 4 is 71.7 Å². The smallest absolute Gasteiger partial charge is 0.242 e. The lowest BCUT2D eigenvalue weighted by molar-refractivity contribution is -0.129. The monoisotopic (exact) mass is 1270 g/mol. The number of hydrogen-bond donors (Lipinski definition) is 19. The van der Waals surface area contributed by atoms with Crippen LogP contribution in [0.3, 0.4) is 0 Å². The minimum absolute atomic E-state index is 0.00612. The molecule has 0 aromatic heterocycles. The molecule has 89 heavy (non-hydrogen) atoms. The Kier molecular flexibility index (Phi) is 36.5. The van der Waals surface area contributed by atoms with Crippen LogP contribution < -0.4 is 86.3 Å². The number of carbonyl (C=O) groups excluding carboxylic acids is 10. The minimum atomic E-state index is -0.952. The highest BCUT2D eigenvalue weighted by atomic mass is 32.1. The van der Waals surface area contributed by atoms with Gasteiger partial charge < -0.3 is 91.2 Å². The van der Waals surface area contributed by atoms with Crippen molar-refractivity contribution in [3.8, 4) is 11.5 Å². The number of rotatable bonds is 39. The van der Waals surface area contributed by atoms with Crippen molar-refractivity contribution in [2.75, 3.05) is 84.3 Å². The summed E-state index contributed by atoms with van der Waals surface area (Å²) in [5.74, 6) is -3.94. The standard InChI is InChI=1S/C60H100N16O12S/c1-3-45(55(62)85)71-49(79)13-7-5-9-27-68-58(88)47(34-42-21-25-44(78)26-22-42)73-52(82)16-12-18-54(84)76-60(70-4-2)39-66-31-29-64-37-59(36-61,38-65-30-32-67-40-60)75-53(83)17-11-15-51(81)72-46(33-41-19-23-43(77)24-20-41)57(87)69-28-10-6-8-14-50(80)74-48(35-89)56(63)86/h19-26,45-48,64-67,70,77-78,89H,3-18,27-40,61H2,1-2H3,(H2,62,85)(H2,63,86)(H,68,88)(H,69,87)(H,71,79)(H,72,81)(H,73,82)(H,74,80)(H,75,83)(H,76,84)/t45-,46-,47-,48-,59?,60?/m0/s1. The molecule has 3 rings (SSSR count). The van der Waals surface area contributed by atoms with E-state index in [9.17, 15) is 58.2 Å². The number of thiol groups is 1. The van der Waals surface area contributed by atoms with Crippen molar-refractivity contribution < 1.29 is 58.2 Å².